The number of piperidine rings is 1. The molecule has 0 radical (unpaired) electrons. The number of hydrogen-bond donors (Lipinski definition) is 1. The minimum Gasteiger partial charge on any atom is -0.376 e. The average Bonchev–Trinajstić information content (AvgIpc) is 2.36. The van der Waals surface area contributed by atoms with Crippen LogP contribution in [-0.2, 0) is 4.79 Å². The number of likely N-dealkylation sites (tertiary alicyclic amines) is 1. The molecule has 1 aromatic rings. The van der Waals surface area contributed by atoms with Gasteiger partial charge in [0.05, 0.1) is 6.54 Å². The molecule has 18 heavy (non-hydrogen) atoms. The minimum absolute atomic E-state index is 0.130. The Bertz CT molecular complexity index is 411. The van der Waals surface area contributed by atoms with Crippen LogP contribution in [0.5, 0.6) is 0 Å². The Morgan fingerprint density at radius 1 is 1.11 bits per heavy atom. The van der Waals surface area contributed by atoms with Crippen LogP contribution in [0.3, 0.4) is 0 Å². The highest BCUT2D eigenvalue weighted by Gasteiger charge is 2.15. The Balaban J connectivity index is 1.88. The molecule has 98 valence electrons. The van der Waals surface area contributed by atoms with Gasteiger partial charge in [-0.15, -0.1) is 0 Å². The fraction of sp³-hybridized carbons (Fsp3) is 0.462. The van der Waals surface area contributed by atoms with Gasteiger partial charge in [-0.25, -0.2) is 0 Å². The van der Waals surface area contributed by atoms with E-state index in [2.05, 4.69) is 5.32 Å². The summed E-state index contributed by atoms with van der Waals surface area (Å²) in [6.45, 7) is 2.03. The lowest BCUT2D eigenvalue weighted by Gasteiger charge is -2.26. The molecule has 1 N–H and O–H groups in total. The molecule has 1 aliphatic rings. The maximum absolute atomic E-state index is 11.9. The van der Waals surface area contributed by atoms with Gasteiger partial charge in [0.1, 0.15) is 0 Å². The Labute approximate surface area is 117 Å². The minimum atomic E-state index is 0.130. The summed E-state index contributed by atoms with van der Waals surface area (Å²) in [5.74, 6) is 0.130. The topological polar surface area (TPSA) is 32.3 Å². The molecule has 3 nitrogen and oxygen atoms in total. The molecular formula is C13H16Cl2N2O. The number of carbonyl (C=O) groups excluding carboxylic acids is 1. The van der Waals surface area contributed by atoms with Crippen LogP contribution in [0.2, 0.25) is 10.0 Å². The van der Waals surface area contributed by atoms with E-state index in [9.17, 15) is 4.79 Å². The second-order valence-corrected chi connectivity index (χ2v) is 5.33. The van der Waals surface area contributed by atoms with Gasteiger partial charge < -0.3 is 10.2 Å². The van der Waals surface area contributed by atoms with Crippen LogP contribution >= 0.6 is 23.2 Å². The van der Waals surface area contributed by atoms with Crippen molar-refractivity contribution in [1.82, 2.24) is 4.90 Å². The summed E-state index contributed by atoms with van der Waals surface area (Å²) >= 11 is 11.8. The summed E-state index contributed by atoms with van der Waals surface area (Å²) in [4.78, 5) is 13.8. The number of halogens is 2. The van der Waals surface area contributed by atoms with Gasteiger partial charge in [0.2, 0.25) is 5.91 Å². The van der Waals surface area contributed by atoms with E-state index in [0.29, 0.717) is 10.0 Å². The monoisotopic (exact) mass is 286 g/mol. The molecule has 1 fully saturated rings. The summed E-state index contributed by atoms with van der Waals surface area (Å²) in [6.07, 6.45) is 3.44. The van der Waals surface area contributed by atoms with E-state index in [-0.39, 0.29) is 12.5 Å². The van der Waals surface area contributed by atoms with E-state index >= 15 is 0 Å². The van der Waals surface area contributed by atoms with Crippen LogP contribution in [0.4, 0.5) is 5.69 Å². The number of carbonyl (C=O) groups is 1. The van der Waals surface area contributed by atoms with E-state index in [1.807, 2.05) is 4.90 Å². The highest BCUT2D eigenvalue weighted by Crippen LogP contribution is 2.22. The van der Waals surface area contributed by atoms with Crippen LogP contribution in [0.1, 0.15) is 19.3 Å². The van der Waals surface area contributed by atoms with Crippen molar-refractivity contribution < 1.29 is 4.79 Å². The zero-order chi connectivity index (χ0) is 13.0. The van der Waals surface area contributed by atoms with Gasteiger partial charge in [-0.3, -0.25) is 4.79 Å². The van der Waals surface area contributed by atoms with E-state index in [0.717, 1.165) is 31.6 Å². The molecule has 0 spiro atoms. The predicted molar refractivity (Wildman–Crippen MR) is 75.4 cm³/mol. The van der Waals surface area contributed by atoms with Gasteiger partial charge in [0.15, 0.2) is 0 Å². The number of nitrogens with zero attached hydrogens (tertiary/aromatic N) is 1. The zero-order valence-electron chi connectivity index (χ0n) is 10.1. The lowest BCUT2D eigenvalue weighted by molar-refractivity contribution is -0.130. The van der Waals surface area contributed by atoms with Gasteiger partial charge >= 0.3 is 0 Å². The fourth-order valence-corrected chi connectivity index (χ4v) is 2.61. The van der Waals surface area contributed by atoms with E-state index in [1.54, 1.807) is 18.2 Å². The van der Waals surface area contributed by atoms with Crippen LogP contribution < -0.4 is 5.32 Å². The second kappa shape index (κ2) is 6.30. The molecule has 0 atom stereocenters. The van der Waals surface area contributed by atoms with Crippen LogP contribution in [0, 0.1) is 0 Å². The van der Waals surface area contributed by atoms with Gasteiger partial charge in [-0.2, -0.15) is 0 Å². The first-order chi connectivity index (χ1) is 8.65. The molecule has 5 heteroatoms. The molecule has 2 rings (SSSR count). The molecular weight excluding hydrogens is 271 g/mol. The third kappa shape index (κ3) is 3.79. The Hall–Kier alpha value is -0.930. The Morgan fingerprint density at radius 3 is 2.33 bits per heavy atom. The summed E-state index contributed by atoms with van der Waals surface area (Å²) in [6, 6.07) is 5.19. The molecule has 1 aliphatic heterocycles. The van der Waals surface area contributed by atoms with Gasteiger partial charge in [-0.05, 0) is 37.5 Å². The van der Waals surface area contributed by atoms with Crippen molar-refractivity contribution in [2.24, 2.45) is 0 Å². The van der Waals surface area contributed by atoms with Gasteiger partial charge in [-0.1, -0.05) is 23.2 Å². The van der Waals surface area contributed by atoms with E-state index in [4.69, 9.17) is 23.2 Å². The Kier molecular flexibility index (Phi) is 4.72. The molecule has 1 heterocycles. The number of benzene rings is 1. The van der Waals surface area contributed by atoms with Gasteiger partial charge in [0, 0.05) is 28.8 Å². The van der Waals surface area contributed by atoms with Crippen molar-refractivity contribution in [3.63, 3.8) is 0 Å². The quantitative estimate of drug-likeness (QED) is 0.924. The highest BCUT2D eigenvalue weighted by atomic mass is 35.5. The average molecular weight is 287 g/mol. The Morgan fingerprint density at radius 2 is 1.72 bits per heavy atom. The van der Waals surface area contributed by atoms with Crippen LogP contribution in [-0.4, -0.2) is 30.4 Å². The van der Waals surface area contributed by atoms with Crippen LogP contribution in [0.15, 0.2) is 18.2 Å². The molecule has 0 unspecified atom stereocenters. The summed E-state index contributed by atoms with van der Waals surface area (Å²) in [5.41, 5.74) is 0.776. The second-order valence-electron chi connectivity index (χ2n) is 4.45. The van der Waals surface area contributed by atoms with E-state index in [1.165, 1.54) is 6.42 Å². The lowest BCUT2D eigenvalue weighted by atomic mass is 10.1. The fourth-order valence-electron chi connectivity index (χ4n) is 2.09. The summed E-state index contributed by atoms with van der Waals surface area (Å²) in [5, 5.41) is 4.19. The number of hydrogen-bond acceptors (Lipinski definition) is 2. The first kappa shape index (κ1) is 13.5. The third-order valence-corrected chi connectivity index (χ3v) is 3.45. The van der Waals surface area contributed by atoms with Crippen LogP contribution in [0.25, 0.3) is 0 Å². The lowest BCUT2D eigenvalue weighted by Crippen LogP contribution is -2.39. The maximum atomic E-state index is 11.9. The standard InChI is InChI=1S/C13H16Cl2N2O/c14-10-6-11(15)8-12(7-10)16-9-13(18)17-4-2-1-3-5-17/h6-8,16H,1-5,9H2. The van der Waals surface area contributed by atoms with Crippen molar-refractivity contribution in [3.05, 3.63) is 28.2 Å². The first-order valence-corrected chi connectivity index (χ1v) is 6.88. The van der Waals surface area contributed by atoms with Crippen molar-refractivity contribution in [1.29, 1.82) is 0 Å². The van der Waals surface area contributed by atoms with Crippen molar-refractivity contribution >= 4 is 34.8 Å². The molecule has 0 bridgehead atoms. The molecule has 0 aliphatic carbocycles. The first-order valence-electron chi connectivity index (χ1n) is 6.13. The molecule has 1 aromatic carbocycles. The molecule has 1 amide bonds. The zero-order valence-corrected chi connectivity index (χ0v) is 11.6. The SMILES string of the molecule is O=C(CNc1cc(Cl)cc(Cl)c1)N1CCCCC1. The van der Waals surface area contributed by atoms with Gasteiger partial charge in [0.25, 0.3) is 0 Å². The molecule has 1 saturated heterocycles. The number of nitrogens with one attached hydrogen (secondary N) is 1. The molecule has 0 saturated carbocycles. The maximum Gasteiger partial charge on any atom is 0.241 e. The summed E-state index contributed by atoms with van der Waals surface area (Å²) < 4.78 is 0. The normalized spacial score (nSPS) is 15.6. The smallest absolute Gasteiger partial charge is 0.241 e. The van der Waals surface area contributed by atoms with Crippen molar-refractivity contribution in [2.45, 2.75) is 19.3 Å². The largest absolute Gasteiger partial charge is 0.376 e. The highest BCUT2D eigenvalue weighted by molar-refractivity contribution is 6.35. The number of anilines is 1. The number of amides is 1. The van der Waals surface area contributed by atoms with Crippen molar-refractivity contribution in [3.8, 4) is 0 Å². The predicted octanol–water partition coefficient (Wildman–Crippen LogP) is 3.42. The van der Waals surface area contributed by atoms with Crippen molar-refractivity contribution in [2.75, 3.05) is 25.0 Å². The number of rotatable bonds is 3. The van der Waals surface area contributed by atoms with E-state index < -0.39 is 0 Å². The summed E-state index contributed by atoms with van der Waals surface area (Å²) in [7, 11) is 0. The third-order valence-electron chi connectivity index (χ3n) is 3.02. The molecule has 0 aromatic heterocycles.